The summed E-state index contributed by atoms with van der Waals surface area (Å²) in [6.07, 6.45) is 8.29. The van der Waals surface area contributed by atoms with Crippen LogP contribution in [0.1, 0.15) is 91.5 Å². The summed E-state index contributed by atoms with van der Waals surface area (Å²) in [6, 6.07) is 16.2. The number of hydrogen-bond acceptors (Lipinski definition) is 5. The Morgan fingerprint density at radius 1 is 1.04 bits per heavy atom. The molecule has 2 aromatic heterocycles. The number of nitrogens with zero attached hydrogens (tertiary/aromatic N) is 3. The number of fused-ring (bicyclic) bond motifs is 1. The predicted molar refractivity (Wildman–Crippen MR) is 183 cm³/mol. The number of urea groups is 1. The summed E-state index contributed by atoms with van der Waals surface area (Å²) in [7, 11) is 3.69. The Hall–Kier alpha value is -4.60. The van der Waals surface area contributed by atoms with Crippen molar-refractivity contribution in [1.29, 1.82) is 0 Å². The second kappa shape index (κ2) is 15.3. The quantitative estimate of drug-likeness (QED) is 0.156. The molecule has 250 valence electrons. The Bertz CT molecular complexity index is 1670. The fraction of sp³-hybridized carbons (Fsp3) is 0.459. The van der Waals surface area contributed by atoms with E-state index in [0.717, 1.165) is 47.7 Å². The maximum Gasteiger partial charge on any atom is 0.359 e. The van der Waals surface area contributed by atoms with Crippen LogP contribution in [0.3, 0.4) is 0 Å². The molecule has 1 aliphatic carbocycles. The molecule has 1 aliphatic rings. The molecular weight excluding hydrogens is 592 g/mol. The van der Waals surface area contributed by atoms with E-state index in [1.807, 2.05) is 63.4 Å². The van der Waals surface area contributed by atoms with E-state index >= 15 is 0 Å². The van der Waals surface area contributed by atoms with Crippen molar-refractivity contribution in [3.63, 3.8) is 0 Å². The molecule has 0 unspecified atom stereocenters. The number of imidazole rings is 1. The third kappa shape index (κ3) is 8.41. The monoisotopic (exact) mass is 640 g/mol. The highest BCUT2D eigenvalue weighted by Gasteiger charge is 2.32. The Morgan fingerprint density at radius 3 is 2.47 bits per heavy atom. The summed E-state index contributed by atoms with van der Waals surface area (Å²) in [6.45, 7) is 5.99. The Kier molecular flexibility index (Phi) is 11.0. The van der Waals surface area contributed by atoms with Crippen LogP contribution in [-0.2, 0) is 29.6 Å². The van der Waals surface area contributed by atoms with E-state index in [1.54, 1.807) is 18.9 Å². The first kappa shape index (κ1) is 33.8. The van der Waals surface area contributed by atoms with Crippen LogP contribution in [0.4, 0.5) is 4.79 Å². The van der Waals surface area contributed by atoms with E-state index in [4.69, 9.17) is 9.72 Å². The highest BCUT2D eigenvalue weighted by atomic mass is 16.5. The number of amides is 3. The Labute approximate surface area is 277 Å². The number of para-hydroxylation sites is 1. The third-order valence-electron chi connectivity index (χ3n) is 9.08. The van der Waals surface area contributed by atoms with Crippen molar-refractivity contribution < 1.29 is 19.1 Å². The molecular formula is C37H48N6O4. The lowest BCUT2D eigenvalue weighted by Crippen LogP contribution is -2.54. The minimum Gasteiger partial charge on any atom is -0.456 e. The van der Waals surface area contributed by atoms with Gasteiger partial charge in [-0.05, 0) is 49.3 Å². The summed E-state index contributed by atoms with van der Waals surface area (Å²) in [4.78, 5) is 50.2. The molecule has 47 heavy (non-hydrogen) atoms. The first-order chi connectivity index (χ1) is 22.6. The van der Waals surface area contributed by atoms with Crippen LogP contribution in [0.15, 0.2) is 60.8 Å². The van der Waals surface area contributed by atoms with E-state index < -0.39 is 18.1 Å². The molecule has 4 aromatic rings. The Balaban J connectivity index is 1.41. The maximum absolute atomic E-state index is 14.2. The van der Waals surface area contributed by atoms with Gasteiger partial charge in [0.1, 0.15) is 18.5 Å². The fourth-order valence-electron chi connectivity index (χ4n) is 6.48. The number of aromatic nitrogens is 3. The fourth-order valence-corrected chi connectivity index (χ4v) is 6.48. The van der Waals surface area contributed by atoms with Crippen LogP contribution in [0, 0.1) is 12.8 Å². The zero-order chi connectivity index (χ0) is 33.5. The van der Waals surface area contributed by atoms with E-state index in [9.17, 15) is 14.4 Å². The van der Waals surface area contributed by atoms with E-state index in [2.05, 4.69) is 38.5 Å². The second-order valence-electron chi connectivity index (χ2n) is 13.2. The first-order valence-electron chi connectivity index (χ1n) is 16.7. The van der Waals surface area contributed by atoms with Crippen molar-refractivity contribution in [1.82, 2.24) is 30.1 Å². The molecule has 1 fully saturated rings. The molecule has 2 heterocycles. The van der Waals surface area contributed by atoms with Gasteiger partial charge in [0.2, 0.25) is 5.91 Å². The molecule has 10 heteroatoms. The lowest BCUT2D eigenvalue weighted by atomic mass is 9.95. The smallest absolute Gasteiger partial charge is 0.359 e. The number of ether oxygens (including phenoxy) is 1. The van der Waals surface area contributed by atoms with Gasteiger partial charge in [0.05, 0.1) is 6.04 Å². The zero-order valence-electron chi connectivity index (χ0n) is 28.2. The lowest BCUT2D eigenvalue weighted by molar-refractivity contribution is -0.126. The number of likely N-dealkylation sites (N-methyl/N-ethyl adjacent to an activating group) is 1. The van der Waals surface area contributed by atoms with Gasteiger partial charge >= 0.3 is 12.0 Å². The molecule has 3 amide bonds. The lowest BCUT2D eigenvalue weighted by Gasteiger charge is -2.32. The van der Waals surface area contributed by atoms with Crippen molar-refractivity contribution in [2.75, 3.05) is 7.05 Å². The molecule has 1 saturated carbocycles. The van der Waals surface area contributed by atoms with Gasteiger partial charge in [-0.25, -0.2) is 14.6 Å². The number of carbonyl (C=O) groups excluding carboxylic acids is 3. The standard InChI is InChI=1S/C37H48N6O4/c1-24(2)20-32(43(5)37(46)39-28-16-10-7-11-17-28)35(44)40-30(21-27-22-42(4)31-19-13-12-18-29(27)31)34-38-25(3)33(41-34)36(45)47-23-26-14-8-6-9-15-26/h6,8-9,12-15,18-19,22,24,28,30,32H,7,10-11,16-17,20-21,23H2,1-5H3,(H,38,41)(H,39,46)(H,40,44)/t30-,32+/m1/s1. The first-order valence-corrected chi connectivity index (χ1v) is 16.7. The summed E-state index contributed by atoms with van der Waals surface area (Å²) < 4.78 is 7.65. The highest BCUT2D eigenvalue weighted by Crippen LogP contribution is 2.27. The number of aryl methyl sites for hydroxylation is 2. The molecule has 0 spiro atoms. The van der Waals surface area contributed by atoms with Gasteiger partial charge in [0, 0.05) is 49.4 Å². The van der Waals surface area contributed by atoms with Crippen LogP contribution in [0.5, 0.6) is 0 Å². The number of nitrogens with one attached hydrogen (secondary N) is 3. The van der Waals surface area contributed by atoms with Gasteiger partial charge in [-0.3, -0.25) is 4.79 Å². The normalized spacial score (nSPS) is 14.9. The molecule has 0 aliphatic heterocycles. The minimum atomic E-state index is -0.694. The topological polar surface area (TPSA) is 121 Å². The summed E-state index contributed by atoms with van der Waals surface area (Å²) in [5.74, 6) is -0.189. The Morgan fingerprint density at radius 2 is 1.74 bits per heavy atom. The highest BCUT2D eigenvalue weighted by molar-refractivity contribution is 5.89. The van der Waals surface area contributed by atoms with Crippen LogP contribution < -0.4 is 10.6 Å². The minimum absolute atomic E-state index is 0.129. The third-order valence-corrected chi connectivity index (χ3v) is 9.08. The van der Waals surface area contributed by atoms with Gasteiger partial charge in [-0.1, -0.05) is 81.6 Å². The number of esters is 1. The van der Waals surface area contributed by atoms with E-state index in [0.29, 0.717) is 24.4 Å². The molecule has 10 nitrogen and oxygen atoms in total. The van der Waals surface area contributed by atoms with Gasteiger partial charge in [-0.15, -0.1) is 0 Å². The van der Waals surface area contributed by atoms with E-state index in [1.165, 1.54) is 6.42 Å². The maximum atomic E-state index is 14.2. The predicted octanol–water partition coefficient (Wildman–Crippen LogP) is 6.36. The molecule has 0 saturated heterocycles. The molecule has 5 rings (SSSR count). The number of hydrogen-bond donors (Lipinski definition) is 3. The zero-order valence-corrected chi connectivity index (χ0v) is 28.2. The van der Waals surface area contributed by atoms with Gasteiger partial charge in [-0.2, -0.15) is 0 Å². The van der Waals surface area contributed by atoms with Gasteiger partial charge < -0.3 is 29.8 Å². The molecule has 0 bridgehead atoms. The number of aromatic amines is 1. The van der Waals surface area contributed by atoms with Gasteiger partial charge in [0.25, 0.3) is 0 Å². The van der Waals surface area contributed by atoms with Crippen LogP contribution in [-0.4, -0.2) is 56.5 Å². The molecule has 3 N–H and O–H groups in total. The van der Waals surface area contributed by atoms with E-state index in [-0.39, 0.29) is 36.2 Å². The van der Waals surface area contributed by atoms with Crippen molar-refractivity contribution in [3.8, 4) is 0 Å². The van der Waals surface area contributed by atoms with Crippen LogP contribution in [0.2, 0.25) is 0 Å². The van der Waals surface area contributed by atoms with Gasteiger partial charge in [0.15, 0.2) is 5.69 Å². The summed E-state index contributed by atoms with van der Waals surface area (Å²) in [5, 5.41) is 7.45. The van der Waals surface area contributed by atoms with Crippen molar-refractivity contribution in [2.24, 2.45) is 13.0 Å². The summed E-state index contributed by atoms with van der Waals surface area (Å²) in [5.41, 5.74) is 3.71. The number of rotatable bonds is 12. The average Bonchev–Trinajstić information content (AvgIpc) is 3.61. The van der Waals surface area contributed by atoms with Crippen LogP contribution in [0.25, 0.3) is 10.9 Å². The van der Waals surface area contributed by atoms with Crippen molar-refractivity contribution in [3.05, 3.63) is 89.1 Å². The largest absolute Gasteiger partial charge is 0.456 e. The summed E-state index contributed by atoms with van der Waals surface area (Å²) >= 11 is 0. The number of carbonyl (C=O) groups is 3. The SMILES string of the molecule is Cc1[nH]c([C@@H](Cc2cn(C)c3ccccc23)NC(=O)[C@H](CC(C)C)N(C)C(=O)NC2CCCCC2)nc1C(=O)OCc1ccccc1. The van der Waals surface area contributed by atoms with Crippen LogP contribution >= 0.6 is 0 Å². The second-order valence-corrected chi connectivity index (χ2v) is 13.2. The molecule has 2 aromatic carbocycles. The molecule has 0 radical (unpaired) electrons. The average molecular weight is 641 g/mol. The number of benzene rings is 2. The van der Waals surface area contributed by atoms with Crippen molar-refractivity contribution >= 4 is 28.8 Å². The molecule has 2 atom stereocenters. The number of H-pyrrole nitrogens is 1. The van der Waals surface area contributed by atoms with Crippen molar-refractivity contribution in [2.45, 2.75) is 90.4 Å².